The number of hydrogen-bond acceptors (Lipinski definition) is 4. The van der Waals surface area contributed by atoms with E-state index in [0.717, 1.165) is 38.4 Å². The highest BCUT2D eigenvalue weighted by atomic mass is 16.5. The molecule has 5 nitrogen and oxygen atoms in total. The van der Waals surface area contributed by atoms with Crippen LogP contribution in [0, 0.1) is 5.92 Å². The topological polar surface area (TPSA) is 67.6 Å². The van der Waals surface area contributed by atoms with Crippen LogP contribution in [-0.2, 0) is 22.6 Å². The molecule has 0 aliphatic carbocycles. The molecule has 1 heterocycles. The zero-order chi connectivity index (χ0) is 15.9. The van der Waals surface area contributed by atoms with Crippen LogP contribution in [0.4, 0.5) is 0 Å². The van der Waals surface area contributed by atoms with E-state index >= 15 is 0 Å². The minimum absolute atomic E-state index is 0.0869. The quantitative estimate of drug-likeness (QED) is 0.826. The van der Waals surface area contributed by atoms with E-state index in [-0.39, 0.29) is 11.8 Å². The number of nitrogens with one attached hydrogen (secondary N) is 1. The molecule has 1 aromatic carbocycles. The van der Waals surface area contributed by atoms with Gasteiger partial charge in [-0.05, 0) is 17.0 Å². The highest BCUT2D eigenvalue weighted by Gasteiger charge is 2.17. The van der Waals surface area contributed by atoms with Crippen molar-refractivity contribution < 1.29 is 9.53 Å². The van der Waals surface area contributed by atoms with Crippen LogP contribution < -0.4 is 11.1 Å². The van der Waals surface area contributed by atoms with Crippen LogP contribution in [0.25, 0.3) is 0 Å². The second-order valence-corrected chi connectivity index (χ2v) is 6.14. The van der Waals surface area contributed by atoms with Gasteiger partial charge in [0, 0.05) is 26.2 Å². The molecule has 0 radical (unpaired) electrons. The summed E-state index contributed by atoms with van der Waals surface area (Å²) in [4.78, 5) is 14.4. The molecule has 22 heavy (non-hydrogen) atoms. The van der Waals surface area contributed by atoms with Crippen LogP contribution in [0.2, 0.25) is 0 Å². The molecular weight excluding hydrogens is 278 g/mol. The molecule has 1 fully saturated rings. The van der Waals surface area contributed by atoms with E-state index in [0.29, 0.717) is 6.54 Å². The fraction of sp³-hybridized carbons (Fsp3) is 0.588. The molecule has 1 aliphatic heterocycles. The Morgan fingerprint density at radius 2 is 1.91 bits per heavy atom. The molecule has 5 heteroatoms. The van der Waals surface area contributed by atoms with Gasteiger partial charge in [0.15, 0.2) is 0 Å². The molecule has 0 saturated carbocycles. The van der Waals surface area contributed by atoms with Crippen molar-refractivity contribution >= 4 is 5.91 Å². The summed E-state index contributed by atoms with van der Waals surface area (Å²) in [5.74, 6) is 0.0553. The summed E-state index contributed by atoms with van der Waals surface area (Å²) in [6.07, 6.45) is 0. The third-order valence-electron chi connectivity index (χ3n) is 4.09. The summed E-state index contributed by atoms with van der Waals surface area (Å²) in [5.41, 5.74) is 8.28. The van der Waals surface area contributed by atoms with Gasteiger partial charge >= 0.3 is 0 Å². The molecule has 2 rings (SSSR count). The molecule has 1 saturated heterocycles. The van der Waals surface area contributed by atoms with Gasteiger partial charge in [-0.1, -0.05) is 38.1 Å². The van der Waals surface area contributed by atoms with Gasteiger partial charge in [-0.15, -0.1) is 0 Å². The molecule has 1 unspecified atom stereocenters. The van der Waals surface area contributed by atoms with Crippen LogP contribution in [0.1, 0.15) is 25.0 Å². The minimum atomic E-state index is -0.452. The average molecular weight is 305 g/mol. The number of morpholine rings is 1. The molecule has 0 aromatic heterocycles. The van der Waals surface area contributed by atoms with Crippen LogP contribution >= 0.6 is 0 Å². The normalized spacial score (nSPS) is 17.5. The first-order valence-corrected chi connectivity index (χ1v) is 7.98. The first-order chi connectivity index (χ1) is 10.6. The smallest absolute Gasteiger partial charge is 0.237 e. The Kier molecular flexibility index (Phi) is 6.36. The first kappa shape index (κ1) is 16.9. The highest BCUT2D eigenvalue weighted by molar-refractivity contribution is 5.81. The van der Waals surface area contributed by atoms with Gasteiger partial charge in [0.2, 0.25) is 5.91 Å². The average Bonchev–Trinajstić information content (AvgIpc) is 2.54. The van der Waals surface area contributed by atoms with Crippen LogP contribution in [-0.4, -0.2) is 43.2 Å². The highest BCUT2D eigenvalue weighted by Crippen LogP contribution is 2.13. The molecule has 0 spiro atoms. The molecule has 1 atom stereocenters. The summed E-state index contributed by atoms with van der Waals surface area (Å²) in [5, 5.41) is 2.95. The van der Waals surface area contributed by atoms with Crippen molar-refractivity contribution in [1.82, 2.24) is 10.2 Å². The maximum Gasteiger partial charge on any atom is 0.237 e. The maximum atomic E-state index is 12.0. The molecule has 1 amide bonds. The Balaban J connectivity index is 1.94. The number of hydrogen-bond donors (Lipinski definition) is 2. The third-order valence-corrected chi connectivity index (χ3v) is 4.09. The molecule has 0 bridgehead atoms. The van der Waals surface area contributed by atoms with Crippen LogP contribution in [0.5, 0.6) is 0 Å². The fourth-order valence-corrected chi connectivity index (χ4v) is 2.49. The Morgan fingerprint density at radius 3 is 2.55 bits per heavy atom. The molecule has 122 valence electrons. The van der Waals surface area contributed by atoms with Crippen molar-refractivity contribution in [1.29, 1.82) is 0 Å². The van der Waals surface area contributed by atoms with E-state index in [1.165, 1.54) is 5.56 Å². The third kappa shape index (κ3) is 4.80. The van der Waals surface area contributed by atoms with E-state index in [4.69, 9.17) is 10.5 Å². The van der Waals surface area contributed by atoms with E-state index in [1.807, 2.05) is 26.0 Å². The van der Waals surface area contributed by atoms with Gasteiger partial charge < -0.3 is 15.8 Å². The standard InChI is InChI=1S/C17H27N3O2/c1-13(2)16(18)17(21)19-11-14-5-3-4-6-15(14)12-20-7-9-22-10-8-20/h3-6,13,16H,7-12,18H2,1-2H3,(H,19,21). The fourth-order valence-electron chi connectivity index (χ4n) is 2.49. The maximum absolute atomic E-state index is 12.0. The zero-order valence-corrected chi connectivity index (χ0v) is 13.5. The zero-order valence-electron chi connectivity index (χ0n) is 13.5. The lowest BCUT2D eigenvalue weighted by Gasteiger charge is -2.27. The number of carbonyl (C=O) groups excluding carboxylic acids is 1. The minimum Gasteiger partial charge on any atom is -0.379 e. The summed E-state index contributed by atoms with van der Waals surface area (Å²) in [6, 6.07) is 7.79. The predicted octanol–water partition coefficient (Wildman–Crippen LogP) is 1.12. The number of benzene rings is 1. The SMILES string of the molecule is CC(C)C(N)C(=O)NCc1ccccc1CN1CCOCC1. The Bertz CT molecular complexity index is 485. The number of nitrogens with two attached hydrogens (primary N) is 1. The summed E-state index contributed by atoms with van der Waals surface area (Å²) >= 11 is 0. The van der Waals surface area contributed by atoms with Crippen molar-refractivity contribution in [3.05, 3.63) is 35.4 Å². The van der Waals surface area contributed by atoms with E-state index in [1.54, 1.807) is 0 Å². The number of amides is 1. The molecular formula is C17H27N3O2. The van der Waals surface area contributed by atoms with Gasteiger partial charge in [-0.3, -0.25) is 9.69 Å². The van der Waals surface area contributed by atoms with Crippen molar-refractivity contribution in [3.8, 4) is 0 Å². The summed E-state index contributed by atoms with van der Waals surface area (Å²) < 4.78 is 5.38. The Hall–Kier alpha value is -1.43. The van der Waals surface area contributed by atoms with Crippen molar-refractivity contribution in [2.75, 3.05) is 26.3 Å². The second-order valence-electron chi connectivity index (χ2n) is 6.14. The van der Waals surface area contributed by atoms with E-state index < -0.39 is 6.04 Å². The molecule has 3 N–H and O–H groups in total. The number of ether oxygens (including phenoxy) is 1. The van der Waals surface area contributed by atoms with E-state index in [9.17, 15) is 4.79 Å². The van der Waals surface area contributed by atoms with Crippen molar-refractivity contribution in [2.45, 2.75) is 33.0 Å². The lowest BCUT2D eigenvalue weighted by atomic mass is 10.0. The van der Waals surface area contributed by atoms with Crippen molar-refractivity contribution in [2.24, 2.45) is 11.7 Å². The number of carbonyl (C=O) groups is 1. The van der Waals surface area contributed by atoms with E-state index in [2.05, 4.69) is 22.3 Å². The summed E-state index contributed by atoms with van der Waals surface area (Å²) in [7, 11) is 0. The second kappa shape index (κ2) is 8.27. The van der Waals surface area contributed by atoms with Gasteiger partial charge in [-0.25, -0.2) is 0 Å². The van der Waals surface area contributed by atoms with Crippen LogP contribution in [0.3, 0.4) is 0 Å². The molecule has 1 aliphatic rings. The lowest BCUT2D eigenvalue weighted by Crippen LogP contribution is -2.43. The Morgan fingerprint density at radius 1 is 1.27 bits per heavy atom. The van der Waals surface area contributed by atoms with Crippen LogP contribution in [0.15, 0.2) is 24.3 Å². The predicted molar refractivity (Wildman–Crippen MR) is 87.2 cm³/mol. The molecule has 1 aromatic rings. The van der Waals surface area contributed by atoms with Gasteiger partial charge in [0.05, 0.1) is 19.3 Å². The number of rotatable bonds is 6. The largest absolute Gasteiger partial charge is 0.379 e. The van der Waals surface area contributed by atoms with Gasteiger partial charge in [0.1, 0.15) is 0 Å². The van der Waals surface area contributed by atoms with Crippen molar-refractivity contribution in [3.63, 3.8) is 0 Å². The van der Waals surface area contributed by atoms with Gasteiger partial charge in [-0.2, -0.15) is 0 Å². The monoisotopic (exact) mass is 305 g/mol. The Labute approximate surface area is 132 Å². The lowest BCUT2D eigenvalue weighted by molar-refractivity contribution is -0.123. The number of nitrogens with zero attached hydrogens (tertiary/aromatic N) is 1. The summed E-state index contributed by atoms with van der Waals surface area (Å²) in [6.45, 7) is 8.83. The first-order valence-electron chi connectivity index (χ1n) is 7.98. The van der Waals surface area contributed by atoms with Gasteiger partial charge in [0.25, 0.3) is 0 Å².